The van der Waals surface area contributed by atoms with Gasteiger partial charge in [-0.1, -0.05) is 12.1 Å². The minimum absolute atomic E-state index is 0.195. The van der Waals surface area contributed by atoms with Crippen LogP contribution in [0.15, 0.2) is 24.3 Å². The third kappa shape index (κ3) is 1.60. The van der Waals surface area contributed by atoms with Gasteiger partial charge >= 0.3 is 6.03 Å². The molecule has 16 heavy (non-hydrogen) atoms. The Kier molecular flexibility index (Phi) is 2.52. The van der Waals surface area contributed by atoms with Crippen LogP contribution in [0.3, 0.4) is 0 Å². The second kappa shape index (κ2) is 3.84. The average Bonchev–Trinajstić information content (AvgIpc) is 2.53. The molecule has 1 aliphatic rings. The first-order valence-electron chi connectivity index (χ1n) is 4.89. The Morgan fingerprint density at radius 2 is 2.25 bits per heavy atom. The first kappa shape index (κ1) is 10.5. The van der Waals surface area contributed by atoms with E-state index in [9.17, 15) is 4.79 Å². The molecule has 2 N–H and O–H groups in total. The van der Waals surface area contributed by atoms with Gasteiger partial charge in [0.15, 0.2) is 0 Å². The van der Waals surface area contributed by atoms with Crippen molar-refractivity contribution < 1.29 is 9.53 Å². The number of benzene rings is 1. The summed E-state index contributed by atoms with van der Waals surface area (Å²) in [7, 11) is 3.26. The number of nitrogens with zero attached hydrogens (tertiary/aromatic N) is 1. The van der Waals surface area contributed by atoms with Gasteiger partial charge in [-0.15, -0.1) is 0 Å². The average molecular weight is 219 g/mol. The third-order valence-corrected chi connectivity index (χ3v) is 2.63. The van der Waals surface area contributed by atoms with Crippen molar-refractivity contribution >= 4 is 11.9 Å². The van der Waals surface area contributed by atoms with Crippen molar-refractivity contribution in [3.8, 4) is 5.75 Å². The number of hydrogen-bond donors (Lipinski definition) is 2. The number of likely N-dealkylation sites (N-methyl/N-ethyl adjacent to an activating group) is 1. The molecule has 1 aromatic carbocycles. The molecule has 5 nitrogen and oxygen atoms in total. The Labute approximate surface area is 93.5 Å². The number of carbonyl (C=O) groups excluding carboxylic acids is 1. The molecule has 0 aliphatic carbocycles. The number of amidine groups is 1. The van der Waals surface area contributed by atoms with E-state index in [1.807, 2.05) is 24.3 Å². The van der Waals surface area contributed by atoms with Crippen LogP contribution in [0, 0.1) is 5.41 Å². The molecule has 1 unspecified atom stereocenters. The van der Waals surface area contributed by atoms with E-state index in [4.69, 9.17) is 10.1 Å². The van der Waals surface area contributed by atoms with E-state index in [0.717, 1.165) is 11.3 Å². The van der Waals surface area contributed by atoms with Crippen LogP contribution < -0.4 is 10.1 Å². The molecule has 0 radical (unpaired) electrons. The number of hydrogen-bond acceptors (Lipinski definition) is 3. The topological polar surface area (TPSA) is 65.4 Å². The molecule has 2 amide bonds. The molecule has 1 fully saturated rings. The van der Waals surface area contributed by atoms with Gasteiger partial charge in [0.05, 0.1) is 7.11 Å². The molecule has 5 heteroatoms. The van der Waals surface area contributed by atoms with Crippen molar-refractivity contribution in [3.63, 3.8) is 0 Å². The number of ether oxygens (including phenoxy) is 1. The molecule has 1 heterocycles. The molecule has 2 rings (SSSR count). The van der Waals surface area contributed by atoms with Crippen LogP contribution >= 0.6 is 0 Å². The molecule has 0 spiro atoms. The molecule has 0 aromatic heterocycles. The maximum Gasteiger partial charge on any atom is 0.323 e. The maximum absolute atomic E-state index is 11.4. The predicted molar refractivity (Wildman–Crippen MR) is 59.8 cm³/mol. The highest BCUT2D eigenvalue weighted by Crippen LogP contribution is 2.26. The van der Waals surface area contributed by atoms with Crippen molar-refractivity contribution in [3.05, 3.63) is 29.8 Å². The minimum Gasteiger partial charge on any atom is -0.497 e. The summed E-state index contributed by atoms with van der Waals surface area (Å²) >= 11 is 0. The van der Waals surface area contributed by atoms with Gasteiger partial charge in [-0.25, -0.2) is 4.79 Å². The highest BCUT2D eigenvalue weighted by Gasteiger charge is 2.33. The lowest BCUT2D eigenvalue weighted by Crippen LogP contribution is -2.25. The summed E-state index contributed by atoms with van der Waals surface area (Å²) in [4.78, 5) is 12.9. The van der Waals surface area contributed by atoms with Gasteiger partial charge < -0.3 is 9.64 Å². The number of amides is 2. The minimum atomic E-state index is -0.345. The monoisotopic (exact) mass is 219 g/mol. The second-order valence-corrected chi connectivity index (χ2v) is 3.63. The largest absolute Gasteiger partial charge is 0.497 e. The van der Waals surface area contributed by atoms with E-state index in [1.54, 1.807) is 14.2 Å². The maximum atomic E-state index is 11.4. The molecule has 1 atom stereocenters. The molecule has 0 saturated carbocycles. The van der Waals surface area contributed by atoms with Crippen LogP contribution in [0.5, 0.6) is 5.75 Å². The van der Waals surface area contributed by atoms with E-state index < -0.39 is 0 Å². The Morgan fingerprint density at radius 3 is 2.81 bits per heavy atom. The summed E-state index contributed by atoms with van der Waals surface area (Å²) < 4.78 is 5.12. The van der Waals surface area contributed by atoms with Gasteiger partial charge in [0.2, 0.25) is 0 Å². The van der Waals surface area contributed by atoms with Gasteiger partial charge in [0.25, 0.3) is 0 Å². The summed E-state index contributed by atoms with van der Waals surface area (Å²) in [5.74, 6) is 0.916. The Balaban J connectivity index is 2.36. The highest BCUT2D eigenvalue weighted by atomic mass is 16.5. The predicted octanol–water partition coefficient (Wildman–Crippen LogP) is 1.37. The van der Waals surface area contributed by atoms with Crippen LogP contribution in [-0.2, 0) is 0 Å². The quantitative estimate of drug-likeness (QED) is 0.788. The lowest BCUT2D eigenvalue weighted by molar-refractivity contribution is 0.217. The van der Waals surface area contributed by atoms with Gasteiger partial charge in [0.1, 0.15) is 17.6 Å². The van der Waals surface area contributed by atoms with Crippen molar-refractivity contribution in [1.29, 1.82) is 5.41 Å². The van der Waals surface area contributed by atoms with Crippen LogP contribution in [0.1, 0.15) is 11.6 Å². The molecule has 0 bridgehead atoms. The Bertz CT molecular complexity index is 445. The van der Waals surface area contributed by atoms with Crippen LogP contribution in [-0.4, -0.2) is 30.9 Å². The lowest BCUT2D eigenvalue weighted by Gasteiger charge is -2.18. The summed E-state index contributed by atoms with van der Waals surface area (Å²) in [6.07, 6.45) is 0. The van der Waals surface area contributed by atoms with Crippen LogP contribution in [0.2, 0.25) is 0 Å². The molecular formula is C11H13N3O2. The van der Waals surface area contributed by atoms with E-state index in [-0.39, 0.29) is 17.9 Å². The molecular weight excluding hydrogens is 206 g/mol. The summed E-state index contributed by atoms with van der Waals surface area (Å²) in [5, 5.41) is 10.2. The number of methoxy groups -OCH3 is 1. The first-order chi connectivity index (χ1) is 7.63. The van der Waals surface area contributed by atoms with E-state index >= 15 is 0 Å². The number of nitrogens with one attached hydrogen (secondary N) is 2. The SMILES string of the molecule is COc1cccc(C2C(=N)NC(=O)N2C)c1. The summed E-state index contributed by atoms with van der Waals surface area (Å²) in [5.41, 5.74) is 0.866. The lowest BCUT2D eigenvalue weighted by atomic mass is 10.1. The number of carbonyl (C=O) groups is 1. The van der Waals surface area contributed by atoms with E-state index in [2.05, 4.69) is 5.32 Å². The highest BCUT2D eigenvalue weighted by molar-refractivity contribution is 6.05. The van der Waals surface area contributed by atoms with E-state index in [1.165, 1.54) is 4.90 Å². The van der Waals surface area contributed by atoms with Crippen molar-refractivity contribution in [1.82, 2.24) is 10.2 Å². The summed E-state index contributed by atoms with van der Waals surface area (Å²) in [6, 6.07) is 6.78. The van der Waals surface area contributed by atoms with Gasteiger partial charge in [-0.3, -0.25) is 10.7 Å². The van der Waals surface area contributed by atoms with Crippen molar-refractivity contribution in [2.45, 2.75) is 6.04 Å². The first-order valence-corrected chi connectivity index (χ1v) is 4.89. The Morgan fingerprint density at radius 1 is 1.50 bits per heavy atom. The zero-order valence-corrected chi connectivity index (χ0v) is 9.15. The fourth-order valence-corrected chi connectivity index (χ4v) is 1.78. The zero-order chi connectivity index (χ0) is 11.7. The molecule has 1 aliphatic heterocycles. The molecule has 84 valence electrons. The number of rotatable bonds is 2. The van der Waals surface area contributed by atoms with Gasteiger partial charge in [-0.05, 0) is 17.7 Å². The van der Waals surface area contributed by atoms with E-state index in [0.29, 0.717) is 0 Å². The van der Waals surface area contributed by atoms with Gasteiger partial charge in [0, 0.05) is 7.05 Å². The number of urea groups is 1. The molecule has 1 aromatic rings. The zero-order valence-electron chi connectivity index (χ0n) is 9.15. The van der Waals surface area contributed by atoms with Crippen LogP contribution in [0.4, 0.5) is 4.79 Å². The summed E-state index contributed by atoms with van der Waals surface area (Å²) in [6.45, 7) is 0. The third-order valence-electron chi connectivity index (χ3n) is 2.63. The smallest absolute Gasteiger partial charge is 0.323 e. The van der Waals surface area contributed by atoms with Gasteiger partial charge in [-0.2, -0.15) is 0 Å². The van der Waals surface area contributed by atoms with Crippen molar-refractivity contribution in [2.75, 3.05) is 14.2 Å². The van der Waals surface area contributed by atoms with Crippen molar-refractivity contribution in [2.24, 2.45) is 0 Å². The Hall–Kier alpha value is -2.04. The van der Waals surface area contributed by atoms with Crippen LogP contribution in [0.25, 0.3) is 0 Å². The fraction of sp³-hybridized carbons (Fsp3) is 0.273. The second-order valence-electron chi connectivity index (χ2n) is 3.63. The fourth-order valence-electron chi connectivity index (χ4n) is 1.78. The normalized spacial score (nSPS) is 19.9. The standard InChI is InChI=1S/C11H13N3O2/c1-14-9(10(12)13-11(14)15)7-4-3-5-8(6-7)16-2/h3-6,9H,1-2H3,(H2,12,13,15). The molecule has 1 saturated heterocycles.